The van der Waals surface area contributed by atoms with Gasteiger partial charge in [0.2, 0.25) is 10.0 Å². The predicted octanol–water partition coefficient (Wildman–Crippen LogP) is 2.16. The normalized spacial score (nSPS) is 11.6. The van der Waals surface area contributed by atoms with E-state index >= 15 is 0 Å². The molecule has 0 spiro atoms. The van der Waals surface area contributed by atoms with Gasteiger partial charge in [-0.3, -0.25) is 0 Å². The standard InChI is InChI=1S/C13H16N2O2S2/c1-10-4-5-13(12(14)9-10)19(16,17)15-7-6-11-3-2-8-18-11/h2-5,8-9,15H,6-7,14H2,1H3. The van der Waals surface area contributed by atoms with Crippen molar-refractivity contribution >= 4 is 27.0 Å². The van der Waals surface area contributed by atoms with Crippen LogP contribution >= 0.6 is 11.3 Å². The van der Waals surface area contributed by atoms with Gasteiger partial charge in [0.05, 0.1) is 5.69 Å². The molecule has 0 aliphatic heterocycles. The Labute approximate surface area is 117 Å². The molecular formula is C13H16N2O2S2. The smallest absolute Gasteiger partial charge is 0.242 e. The zero-order valence-electron chi connectivity index (χ0n) is 10.6. The molecule has 102 valence electrons. The SMILES string of the molecule is Cc1ccc(S(=O)(=O)NCCc2cccs2)c(N)c1. The number of sulfonamides is 1. The first-order chi connectivity index (χ1) is 8.99. The number of anilines is 1. The number of aryl methyl sites for hydroxylation is 1. The van der Waals surface area contributed by atoms with Gasteiger partial charge < -0.3 is 5.73 Å². The summed E-state index contributed by atoms with van der Waals surface area (Å²) >= 11 is 1.61. The molecule has 0 saturated heterocycles. The van der Waals surface area contributed by atoms with Crippen molar-refractivity contribution < 1.29 is 8.42 Å². The lowest BCUT2D eigenvalue weighted by molar-refractivity contribution is 0.582. The first kappa shape index (κ1) is 14.0. The highest BCUT2D eigenvalue weighted by atomic mass is 32.2. The lowest BCUT2D eigenvalue weighted by Crippen LogP contribution is -2.26. The quantitative estimate of drug-likeness (QED) is 0.831. The second-order valence-electron chi connectivity index (χ2n) is 4.27. The number of rotatable bonds is 5. The summed E-state index contributed by atoms with van der Waals surface area (Å²) in [6.45, 7) is 2.24. The maximum Gasteiger partial charge on any atom is 0.242 e. The van der Waals surface area contributed by atoms with Crippen molar-refractivity contribution in [1.29, 1.82) is 0 Å². The van der Waals surface area contributed by atoms with Gasteiger partial charge >= 0.3 is 0 Å². The lowest BCUT2D eigenvalue weighted by atomic mass is 10.2. The third kappa shape index (κ3) is 3.56. The van der Waals surface area contributed by atoms with Gasteiger partial charge in [0.25, 0.3) is 0 Å². The van der Waals surface area contributed by atoms with Gasteiger partial charge in [-0.05, 0) is 42.5 Å². The average molecular weight is 296 g/mol. The Morgan fingerprint density at radius 3 is 2.74 bits per heavy atom. The molecule has 6 heteroatoms. The van der Waals surface area contributed by atoms with Gasteiger partial charge in [0.1, 0.15) is 4.90 Å². The van der Waals surface area contributed by atoms with E-state index in [1.165, 1.54) is 6.07 Å². The van der Waals surface area contributed by atoms with Crippen molar-refractivity contribution in [2.45, 2.75) is 18.2 Å². The summed E-state index contributed by atoms with van der Waals surface area (Å²) in [5, 5.41) is 1.97. The molecule has 0 radical (unpaired) electrons. The van der Waals surface area contributed by atoms with Crippen LogP contribution in [-0.2, 0) is 16.4 Å². The minimum absolute atomic E-state index is 0.143. The van der Waals surface area contributed by atoms with Gasteiger partial charge in [-0.2, -0.15) is 0 Å². The summed E-state index contributed by atoms with van der Waals surface area (Å²) in [5.41, 5.74) is 6.98. The van der Waals surface area contributed by atoms with Gasteiger partial charge in [-0.15, -0.1) is 11.3 Å². The summed E-state index contributed by atoms with van der Waals surface area (Å²) in [4.78, 5) is 1.30. The van der Waals surface area contributed by atoms with Crippen LogP contribution in [0, 0.1) is 6.92 Å². The van der Waals surface area contributed by atoms with E-state index in [1.807, 2.05) is 24.4 Å². The molecule has 1 heterocycles. The number of hydrogen-bond donors (Lipinski definition) is 2. The fraction of sp³-hybridized carbons (Fsp3) is 0.231. The van der Waals surface area contributed by atoms with E-state index < -0.39 is 10.0 Å². The number of hydrogen-bond acceptors (Lipinski definition) is 4. The van der Waals surface area contributed by atoms with Crippen LogP contribution in [0.1, 0.15) is 10.4 Å². The molecular weight excluding hydrogens is 280 g/mol. The zero-order chi connectivity index (χ0) is 13.9. The monoisotopic (exact) mass is 296 g/mol. The second-order valence-corrected chi connectivity index (χ2v) is 7.04. The Morgan fingerprint density at radius 1 is 1.32 bits per heavy atom. The molecule has 0 saturated carbocycles. The van der Waals surface area contributed by atoms with E-state index in [0.717, 1.165) is 10.4 Å². The summed E-state index contributed by atoms with van der Waals surface area (Å²) in [6.07, 6.45) is 0.683. The van der Waals surface area contributed by atoms with Crippen LogP contribution in [0.4, 0.5) is 5.69 Å². The van der Waals surface area contributed by atoms with Crippen molar-refractivity contribution in [1.82, 2.24) is 4.72 Å². The maximum absolute atomic E-state index is 12.1. The highest BCUT2D eigenvalue weighted by Crippen LogP contribution is 2.19. The van der Waals surface area contributed by atoms with Crippen LogP contribution in [0.5, 0.6) is 0 Å². The van der Waals surface area contributed by atoms with Crippen molar-refractivity contribution in [2.24, 2.45) is 0 Å². The molecule has 19 heavy (non-hydrogen) atoms. The fourth-order valence-corrected chi connectivity index (χ4v) is 3.61. The predicted molar refractivity (Wildman–Crippen MR) is 78.8 cm³/mol. The van der Waals surface area contributed by atoms with E-state index in [1.54, 1.807) is 23.5 Å². The summed E-state index contributed by atoms with van der Waals surface area (Å²) < 4.78 is 26.8. The van der Waals surface area contributed by atoms with Gasteiger partial charge in [-0.1, -0.05) is 12.1 Å². The Hall–Kier alpha value is -1.37. The number of thiophene rings is 1. The van der Waals surface area contributed by atoms with E-state index in [-0.39, 0.29) is 10.6 Å². The molecule has 4 nitrogen and oxygen atoms in total. The molecule has 0 aliphatic carbocycles. The first-order valence-electron chi connectivity index (χ1n) is 5.87. The highest BCUT2D eigenvalue weighted by Gasteiger charge is 2.16. The Balaban J connectivity index is 2.05. The van der Waals surface area contributed by atoms with Crippen LogP contribution in [0.2, 0.25) is 0 Å². The van der Waals surface area contributed by atoms with Crippen LogP contribution < -0.4 is 10.5 Å². The summed E-state index contributed by atoms with van der Waals surface area (Å²) in [6, 6.07) is 8.88. The molecule has 0 unspecified atom stereocenters. The zero-order valence-corrected chi connectivity index (χ0v) is 12.2. The minimum atomic E-state index is -3.53. The van der Waals surface area contributed by atoms with Gasteiger partial charge in [0.15, 0.2) is 0 Å². The van der Waals surface area contributed by atoms with Crippen molar-refractivity contribution in [3.05, 3.63) is 46.2 Å². The molecule has 0 bridgehead atoms. The number of nitrogens with one attached hydrogen (secondary N) is 1. The average Bonchev–Trinajstić information content (AvgIpc) is 2.81. The molecule has 3 N–H and O–H groups in total. The number of nitrogens with two attached hydrogens (primary N) is 1. The molecule has 0 aliphatic rings. The topological polar surface area (TPSA) is 72.2 Å². The highest BCUT2D eigenvalue weighted by molar-refractivity contribution is 7.89. The van der Waals surface area contributed by atoms with Crippen LogP contribution in [0.3, 0.4) is 0 Å². The van der Waals surface area contributed by atoms with E-state index in [4.69, 9.17) is 5.73 Å². The van der Waals surface area contributed by atoms with E-state index in [0.29, 0.717) is 13.0 Å². The van der Waals surface area contributed by atoms with Crippen molar-refractivity contribution in [2.75, 3.05) is 12.3 Å². The molecule has 0 fully saturated rings. The van der Waals surface area contributed by atoms with E-state index in [2.05, 4.69) is 4.72 Å². The molecule has 1 aromatic carbocycles. The number of nitrogen functional groups attached to an aromatic ring is 1. The second kappa shape index (κ2) is 5.73. The van der Waals surface area contributed by atoms with Gasteiger partial charge in [0, 0.05) is 11.4 Å². The third-order valence-corrected chi connectivity index (χ3v) is 5.17. The van der Waals surface area contributed by atoms with Crippen molar-refractivity contribution in [3.8, 4) is 0 Å². The fourth-order valence-electron chi connectivity index (χ4n) is 1.75. The summed E-state index contributed by atoms with van der Waals surface area (Å²) in [7, 11) is -3.53. The lowest BCUT2D eigenvalue weighted by Gasteiger charge is -2.09. The maximum atomic E-state index is 12.1. The van der Waals surface area contributed by atoms with Crippen LogP contribution in [0.15, 0.2) is 40.6 Å². The Bertz CT molecular complexity index is 649. The largest absolute Gasteiger partial charge is 0.398 e. The van der Waals surface area contributed by atoms with Crippen molar-refractivity contribution in [3.63, 3.8) is 0 Å². The number of benzene rings is 1. The Kier molecular flexibility index (Phi) is 4.24. The first-order valence-corrected chi connectivity index (χ1v) is 8.23. The van der Waals surface area contributed by atoms with Crippen LogP contribution in [-0.4, -0.2) is 15.0 Å². The molecule has 0 amide bonds. The summed E-state index contributed by atoms with van der Waals surface area (Å²) in [5.74, 6) is 0. The Morgan fingerprint density at radius 2 is 2.11 bits per heavy atom. The molecule has 2 rings (SSSR count). The van der Waals surface area contributed by atoms with E-state index in [9.17, 15) is 8.42 Å². The molecule has 1 aromatic heterocycles. The third-order valence-electron chi connectivity index (χ3n) is 2.70. The van der Waals surface area contributed by atoms with Gasteiger partial charge in [-0.25, -0.2) is 13.1 Å². The minimum Gasteiger partial charge on any atom is -0.398 e. The molecule has 0 atom stereocenters. The van der Waals surface area contributed by atoms with Crippen LogP contribution in [0.25, 0.3) is 0 Å². The molecule has 2 aromatic rings.